The molecule has 2 aliphatic rings. The average molecular weight is 191 g/mol. The lowest BCUT2D eigenvalue weighted by atomic mass is 10.1. The van der Waals surface area contributed by atoms with Gasteiger partial charge in [-0.05, 0) is 24.6 Å². The fraction of sp³-hybridized carbons (Fsp3) is 0.455. The molecule has 2 unspecified atom stereocenters. The summed E-state index contributed by atoms with van der Waals surface area (Å²) in [7, 11) is 0. The Bertz CT molecular complexity index is 364. The van der Waals surface area contributed by atoms with Gasteiger partial charge in [-0.15, -0.1) is 0 Å². The van der Waals surface area contributed by atoms with Gasteiger partial charge in [0.05, 0.1) is 0 Å². The van der Waals surface area contributed by atoms with E-state index in [4.69, 9.17) is 9.47 Å². The van der Waals surface area contributed by atoms with Crippen LogP contribution in [-0.2, 0) is 0 Å². The molecule has 0 amide bonds. The third-order valence-corrected chi connectivity index (χ3v) is 2.76. The second-order valence-corrected chi connectivity index (χ2v) is 3.92. The molecule has 14 heavy (non-hydrogen) atoms. The van der Waals surface area contributed by atoms with Crippen LogP contribution >= 0.6 is 0 Å². The molecule has 1 fully saturated rings. The number of nitrogens with one attached hydrogen (secondary N) is 1. The van der Waals surface area contributed by atoms with Crippen LogP contribution in [0.3, 0.4) is 0 Å². The molecule has 2 atom stereocenters. The molecule has 1 aromatic rings. The topological polar surface area (TPSA) is 30.5 Å². The number of benzene rings is 1. The van der Waals surface area contributed by atoms with Crippen molar-refractivity contribution >= 4 is 0 Å². The van der Waals surface area contributed by atoms with E-state index in [1.807, 2.05) is 18.2 Å². The highest BCUT2D eigenvalue weighted by atomic mass is 16.6. The zero-order valence-electron chi connectivity index (χ0n) is 8.12. The molecule has 0 radical (unpaired) electrons. The van der Waals surface area contributed by atoms with E-state index >= 15 is 0 Å². The van der Waals surface area contributed by atoms with Crippen LogP contribution in [0.1, 0.15) is 5.56 Å². The minimum atomic E-state index is 0.185. The van der Waals surface area contributed by atoms with Gasteiger partial charge in [-0.25, -0.2) is 0 Å². The highest BCUT2D eigenvalue weighted by Gasteiger charge is 2.35. The van der Waals surface area contributed by atoms with Crippen LogP contribution in [0.15, 0.2) is 18.2 Å². The Labute approximate surface area is 83.0 Å². The Morgan fingerprint density at radius 2 is 1.86 bits per heavy atom. The Balaban J connectivity index is 1.97. The quantitative estimate of drug-likeness (QED) is 0.666. The van der Waals surface area contributed by atoms with Crippen molar-refractivity contribution in [2.24, 2.45) is 0 Å². The van der Waals surface area contributed by atoms with Gasteiger partial charge in [0.15, 0.2) is 11.5 Å². The zero-order chi connectivity index (χ0) is 9.54. The van der Waals surface area contributed by atoms with E-state index in [0.717, 1.165) is 24.6 Å². The lowest BCUT2D eigenvalue weighted by Crippen LogP contribution is -2.38. The van der Waals surface area contributed by atoms with Crippen molar-refractivity contribution in [3.8, 4) is 11.5 Å². The number of aryl methyl sites for hydroxylation is 1. The molecular weight excluding hydrogens is 178 g/mol. The summed E-state index contributed by atoms with van der Waals surface area (Å²) in [6.07, 6.45) is 0.370. The van der Waals surface area contributed by atoms with E-state index in [2.05, 4.69) is 12.2 Å². The highest BCUT2D eigenvalue weighted by molar-refractivity contribution is 5.44. The van der Waals surface area contributed by atoms with Crippen molar-refractivity contribution in [1.82, 2.24) is 5.32 Å². The molecule has 74 valence electrons. The second-order valence-electron chi connectivity index (χ2n) is 3.92. The van der Waals surface area contributed by atoms with Crippen LogP contribution in [-0.4, -0.2) is 25.3 Å². The largest absolute Gasteiger partial charge is 0.481 e. The first-order valence-corrected chi connectivity index (χ1v) is 4.97. The lowest BCUT2D eigenvalue weighted by Gasteiger charge is -2.28. The maximum atomic E-state index is 5.85. The van der Waals surface area contributed by atoms with Gasteiger partial charge in [-0.1, -0.05) is 6.07 Å². The fourth-order valence-electron chi connectivity index (χ4n) is 2.00. The van der Waals surface area contributed by atoms with E-state index in [1.54, 1.807) is 0 Å². The highest BCUT2D eigenvalue weighted by Crippen LogP contribution is 2.35. The second kappa shape index (κ2) is 2.89. The van der Waals surface area contributed by atoms with Crippen LogP contribution < -0.4 is 14.8 Å². The average Bonchev–Trinajstić information content (AvgIpc) is 2.61. The van der Waals surface area contributed by atoms with Crippen molar-refractivity contribution in [1.29, 1.82) is 0 Å². The number of rotatable bonds is 0. The van der Waals surface area contributed by atoms with E-state index in [-0.39, 0.29) is 12.2 Å². The van der Waals surface area contributed by atoms with Crippen LogP contribution in [0, 0.1) is 6.92 Å². The van der Waals surface area contributed by atoms with Crippen LogP contribution in [0.25, 0.3) is 0 Å². The molecule has 0 spiro atoms. The number of ether oxygens (including phenoxy) is 2. The predicted octanol–water partition coefficient (Wildman–Crippen LogP) is 1.11. The number of fused-ring (bicyclic) bond motifs is 2. The maximum Gasteiger partial charge on any atom is 0.162 e. The van der Waals surface area contributed by atoms with Gasteiger partial charge >= 0.3 is 0 Å². The third-order valence-electron chi connectivity index (χ3n) is 2.76. The molecule has 0 aliphatic carbocycles. The summed E-state index contributed by atoms with van der Waals surface area (Å²) in [6.45, 7) is 3.83. The summed E-state index contributed by atoms with van der Waals surface area (Å²) < 4.78 is 11.7. The molecule has 1 saturated heterocycles. The zero-order valence-corrected chi connectivity index (χ0v) is 8.12. The van der Waals surface area contributed by atoms with Crippen molar-refractivity contribution in [3.05, 3.63) is 23.8 Å². The third kappa shape index (κ3) is 1.16. The minimum Gasteiger partial charge on any atom is -0.481 e. The molecule has 1 aromatic carbocycles. The molecule has 3 heteroatoms. The first kappa shape index (κ1) is 8.12. The molecule has 0 saturated carbocycles. The summed E-state index contributed by atoms with van der Waals surface area (Å²) >= 11 is 0. The van der Waals surface area contributed by atoms with Crippen molar-refractivity contribution in [3.63, 3.8) is 0 Å². The normalized spacial score (nSPS) is 28.6. The molecule has 0 aromatic heterocycles. The van der Waals surface area contributed by atoms with Gasteiger partial charge in [0, 0.05) is 13.1 Å². The molecule has 3 rings (SSSR count). The molecule has 2 aliphatic heterocycles. The smallest absolute Gasteiger partial charge is 0.162 e. The SMILES string of the molecule is Cc1ccc2c(c1)OC1CNCC1O2. The van der Waals surface area contributed by atoms with Crippen molar-refractivity contribution in [2.75, 3.05) is 13.1 Å². The van der Waals surface area contributed by atoms with Gasteiger partial charge < -0.3 is 14.8 Å². The molecule has 1 N–H and O–H groups in total. The van der Waals surface area contributed by atoms with Gasteiger partial charge in [0.25, 0.3) is 0 Å². The van der Waals surface area contributed by atoms with Gasteiger partial charge in [-0.2, -0.15) is 0 Å². The summed E-state index contributed by atoms with van der Waals surface area (Å²) in [5.41, 5.74) is 1.21. The first-order chi connectivity index (χ1) is 6.83. The summed E-state index contributed by atoms with van der Waals surface area (Å²) in [5.74, 6) is 1.76. The first-order valence-electron chi connectivity index (χ1n) is 4.97. The standard InChI is InChI=1S/C11H13NO2/c1-7-2-3-8-9(4-7)14-11-6-12-5-10(11)13-8/h2-4,10-12H,5-6H2,1H3. The Morgan fingerprint density at radius 3 is 2.64 bits per heavy atom. The monoisotopic (exact) mass is 191 g/mol. The van der Waals surface area contributed by atoms with Crippen LogP contribution in [0.5, 0.6) is 11.5 Å². The number of hydrogen-bond acceptors (Lipinski definition) is 3. The van der Waals surface area contributed by atoms with Gasteiger partial charge in [0.2, 0.25) is 0 Å². The van der Waals surface area contributed by atoms with E-state index in [0.29, 0.717) is 0 Å². The molecule has 3 nitrogen and oxygen atoms in total. The molecule has 2 heterocycles. The van der Waals surface area contributed by atoms with Crippen molar-refractivity contribution < 1.29 is 9.47 Å². The fourth-order valence-corrected chi connectivity index (χ4v) is 2.00. The van der Waals surface area contributed by atoms with Gasteiger partial charge in [0.1, 0.15) is 12.2 Å². The van der Waals surface area contributed by atoms with E-state index < -0.39 is 0 Å². The molecular formula is C11H13NO2. The summed E-state index contributed by atoms with van der Waals surface area (Å²) in [6, 6.07) is 6.06. The summed E-state index contributed by atoms with van der Waals surface area (Å²) in [5, 5.41) is 3.26. The van der Waals surface area contributed by atoms with Crippen LogP contribution in [0.2, 0.25) is 0 Å². The van der Waals surface area contributed by atoms with E-state index in [9.17, 15) is 0 Å². The predicted molar refractivity (Wildman–Crippen MR) is 52.9 cm³/mol. The Kier molecular flexibility index (Phi) is 1.67. The Hall–Kier alpha value is -1.22. The molecule has 0 bridgehead atoms. The maximum absolute atomic E-state index is 5.85. The number of hydrogen-bond donors (Lipinski definition) is 1. The Morgan fingerprint density at radius 1 is 1.14 bits per heavy atom. The van der Waals surface area contributed by atoms with Crippen LogP contribution in [0.4, 0.5) is 0 Å². The van der Waals surface area contributed by atoms with Crippen molar-refractivity contribution in [2.45, 2.75) is 19.1 Å². The lowest BCUT2D eigenvalue weighted by molar-refractivity contribution is 0.0552. The van der Waals surface area contributed by atoms with Gasteiger partial charge in [-0.3, -0.25) is 0 Å². The minimum absolute atomic E-state index is 0.185. The summed E-state index contributed by atoms with van der Waals surface area (Å²) in [4.78, 5) is 0. The van der Waals surface area contributed by atoms with E-state index in [1.165, 1.54) is 5.56 Å².